The van der Waals surface area contributed by atoms with Crippen LogP contribution in [0.1, 0.15) is 49.8 Å². The predicted molar refractivity (Wildman–Crippen MR) is 70.2 cm³/mol. The second-order valence-electron chi connectivity index (χ2n) is 6.39. The predicted octanol–water partition coefficient (Wildman–Crippen LogP) is 2.58. The summed E-state index contributed by atoms with van der Waals surface area (Å²) in [5.41, 5.74) is 1.24. The largest absolute Gasteiger partial charge is 0.478 e. The Kier molecular flexibility index (Phi) is 2.14. The molecule has 0 aliphatic heterocycles. The van der Waals surface area contributed by atoms with Crippen molar-refractivity contribution in [2.24, 2.45) is 10.8 Å². The van der Waals surface area contributed by atoms with Gasteiger partial charge < -0.3 is 5.11 Å². The van der Waals surface area contributed by atoms with E-state index >= 15 is 0 Å². The zero-order valence-corrected chi connectivity index (χ0v) is 11.5. The molecule has 0 atom stereocenters. The van der Waals surface area contributed by atoms with E-state index in [2.05, 4.69) is 37.9 Å². The normalized spacial score (nSPS) is 20.6. The molecule has 3 rings (SSSR count). The van der Waals surface area contributed by atoms with Crippen molar-refractivity contribution >= 4 is 11.6 Å². The zero-order chi connectivity index (χ0) is 14.0. The quantitative estimate of drug-likeness (QED) is 0.900. The van der Waals surface area contributed by atoms with Crippen molar-refractivity contribution in [3.05, 3.63) is 29.7 Å². The lowest BCUT2D eigenvalue weighted by Crippen LogP contribution is -2.02. The first kappa shape index (κ1) is 12.1. The van der Waals surface area contributed by atoms with Crippen LogP contribution in [0.15, 0.2) is 18.3 Å². The van der Waals surface area contributed by atoms with Crippen LogP contribution in [0.4, 0.5) is 0 Å². The van der Waals surface area contributed by atoms with E-state index in [1.165, 1.54) is 0 Å². The lowest BCUT2D eigenvalue weighted by atomic mass is 10.0. The first-order valence-corrected chi connectivity index (χ1v) is 6.35. The number of aromatic carboxylic acids is 1. The number of aromatic nitrogens is 3. The Bertz CT molecular complexity index is 671. The summed E-state index contributed by atoms with van der Waals surface area (Å²) in [4.78, 5) is 11.1. The highest BCUT2D eigenvalue weighted by atomic mass is 16.4. The molecule has 0 amide bonds. The van der Waals surface area contributed by atoms with Gasteiger partial charge in [-0.3, -0.25) is 4.40 Å². The van der Waals surface area contributed by atoms with Gasteiger partial charge in [0.15, 0.2) is 5.65 Å². The molecule has 0 spiro atoms. The van der Waals surface area contributed by atoms with Crippen LogP contribution in [0.5, 0.6) is 0 Å². The van der Waals surface area contributed by atoms with Gasteiger partial charge >= 0.3 is 5.97 Å². The second-order valence-corrected chi connectivity index (χ2v) is 6.39. The molecule has 1 aliphatic rings. The van der Waals surface area contributed by atoms with Crippen LogP contribution in [0.25, 0.3) is 5.65 Å². The molecule has 0 aromatic carbocycles. The highest BCUT2D eigenvalue weighted by Gasteiger charge is 2.67. The van der Waals surface area contributed by atoms with Gasteiger partial charge in [0.05, 0.1) is 5.56 Å². The van der Waals surface area contributed by atoms with Gasteiger partial charge in [-0.05, 0) is 23.0 Å². The standard InChI is InChI=1S/C14H17N3O2/c1-13(2)10(14(13,3)4)11-16-15-9-6-5-8(12(18)19)7-17(9)11/h5-7,10H,1-4H3,(H,18,19). The molecule has 1 aliphatic carbocycles. The molecule has 100 valence electrons. The third-order valence-electron chi connectivity index (χ3n) is 4.95. The van der Waals surface area contributed by atoms with Gasteiger partial charge in [0.25, 0.3) is 0 Å². The topological polar surface area (TPSA) is 67.5 Å². The van der Waals surface area contributed by atoms with Crippen molar-refractivity contribution in [1.29, 1.82) is 0 Å². The lowest BCUT2D eigenvalue weighted by molar-refractivity contribution is 0.0696. The summed E-state index contributed by atoms with van der Waals surface area (Å²) in [6, 6.07) is 3.25. The average molecular weight is 259 g/mol. The molecule has 1 fully saturated rings. The minimum atomic E-state index is -0.934. The van der Waals surface area contributed by atoms with Crippen LogP contribution in [-0.4, -0.2) is 25.7 Å². The van der Waals surface area contributed by atoms with Crippen molar-refractivity contribution in [2.75, 3.05) is 0 Å². The minimum absolute atomic E-state index is 0.148. The van der Waals surface area contributed by atoms with Crippen LogP contribution >= 0.6 is 0 Å². The van der Waals surface area contributed by atoms with Crippen molar-refractivity contribution < 1.29 is 9.90 Å². The maximum absolute atomic E-state index is 11.1. The maximum atomic E-state index is 11.1. The van der Waals surface area contributed by atoms with Crippen LogP contribution in [0, 0.1) is 10.8 Å². The van der Waals surface area contributed by atoms with Gasteiger partial charge in [0, 0.05) is 12.1 Å². The summed E-state index contributed by atoms with van der Waals surface area (Å²) in [6.07, 6.45) is 1.61. The minimum Gasteiger partial charge on any atom is -0.478 e. The Morgan fingerprint density at radius 3 is 2.37 bits per heavy atom. The van der Waals surface area contributed by atoms with Crippen molar-refractivity contribution in [3.8, 4) is 0 Å². The number of hydrogen-bond acceptors (Lipinski definition) is 3. The number of hydrogen-bond donors (Lipinski definition) is 1. The van der Waals surface area contributed by atoms with E-state index in [4.69, 9.17) is 5.11 Å². The van der Waals surface area contributed by atoms with E-state index < -0.39 is 5.97 Å². The van der Waals surface area contributed by atoms with Crippen LogP contribution < -0.4 is 0 Å². The highest BCUT2D eigenvalue weighted by molar-refractivity contribution is 5.87. The number of fused-ring (bicyclic) bond motifs is 1. The van der Waals surface area contributed by atoms with Crippen LogP contribution in [0.2, 0.25) is 0 Å². The lowest BCUT2D eigenvalue weighted by Gasteiger charge is -2.03. The number of nitrogens with zero attached hydrogens (tertiary/aromatic N) is 3. The summed E-state index contributed by atoms with van der Waals surface area (Å²) in [7, 11) is 0. The van der Waals surface area contributed by atoms with Gasteiger partial charge in [0.1, 0.15) is 5.82 Å². The van der Waals surface area contributed by atoms with E-state index in [1.54, 1.807) is 18.3 Å². The molecule has 0 saturated heterocycles. The molecule has 0 bridgehead atoms. The number of carboxylic acid groups (broad SMARTS) is 1. The van der Waals surface area contributed by atoms with Crippen molar-refractivity contribution in [1.82, 2.24) is 14.6 Å². The Hall–Kier alpha value is -1.91. The number of carbonyl (C=O) groups is 1. The monoisotopic (exact) mass is 259 g/mol. The van der Waals surface area contributed by atoms with E-state index in [1.807, 2.05) is 4.40 Å². The van der Waals surface area contributed by atoms with Gasteiger partial charge in [0.2, 0.25) is 0 Å². The second kappa shape index (κ2) is 3.35. The van der Waals surface area contributed by atoms with Crippen molar-refractivity contribution in [2.45, 2.75) is 33.6 Å². The molecular weight excluding hydrogens is 242 g/mol. The van der Waals surface area contributed by atoms with E-state index in [9.17, 15) is 4.79 Å². The molecular formula is C14H17N3O2. The molecule has 2 aromatic heterocycles. The van der Waals surface area contributed by atoms with Gasteiger partial charge in [-0.2, -0.15) is 0 Å². The third-order valence-corrected chi connectivity index (χ3v) is 4.95. The summed E-state index contributed by atoms with van der Waals surface area (Å²) in [5.74, 6) is 0.211. The molecule has 1 N–H and O–H groups in total. The fourth-order valence-corrected chi connectivity index (χ4v) is 3.07. The van der Waals surface area contributed by atoms with Crippen LogP contribution in [-0.2, 0) is 0 Å². The first-order valence-electron chi connectivity index (χ1n) is 6.35. The highest BCUT2D eigenvalue weighted by Crippen LogP contribution is 2.73. The summed E-state index contributed by atoms with van der Waals surface area (Å²) in [5, 5.41) is 17.5. The van der Waals surface area contributed by atoms with E-state index in [0.29, 0.717) is 11.6 Å². The Morgan fingerprint density at radius 2 is 1.84 bits per heavy atom. The van der Waals surface area contributed by atoms with Crippen molar-refractivity contribution in [3.63, 3.8) is 0 Å². The first-order chi connectivity index (χ1) is 8.76. The third kappa shape index (κ3) is 1.44. The van der Waals surface area contributed by atoms with Gasteiger partial charge in [-0.15, -0.1) is 10.2 Å². The Labute approximate surface area is 111 Å². The van der Waals surface area contributed by atoms with Gasteiger partial charge in [-0.1, -0.05) is 27.7 Å². The molecule has 19 heavy (non-hydrogen) atoms. The fourth-order valence-electron chi connectivity index (χ4n) is 3.07. The fraction of sp³-hybridized carbons (Fsp3) is 0.500. The molecule has 5 heteroatoms. The molecule has 2 heterocycles. The SMILES string of the molecule is CC1(C)C(c2nnc3ccc(C(=O)O)cn23)C1(C)C. The Morgan fingerprint density at radius 1 is 1.21 bits per heavy atom. The zero-order valence-electron chi connectivity index (χ0n) is 11.5. The maximum Gasteiger partial charge on any atom is 0.337 e. The number of pyridine rings is 1. The molecule has 2 aromatic rings. The molecule has 1 saturated carbocycles. The average Bonchev–Trinajstić information content (AvgIpc) is 2.64. The smallest absolute Gasteiger partial charge is 0.337 e. The molecule has 0 radical (unpaired) electrons. The number of carboxylic acids is 1. The summed E-state index contributed by atoms with van der Waals surface area (Å²) >= 11 is 0. The Balaban J connectivity index is 2.16. The number of rotatable bonds is 2. The molecule has 5 nitrogen and oxygen atoms in total. The summed E-state index contributed by atoms with van der Waals surface area (Å²) < 4.78 is 1.81. The van der Waals surface area contributed by atoms with Crippen LogP contribution in [0.3, 0.4) is 0 Å². The van der Waals surface area contributed by atoms with E-state index in [-0.39, 0.29) is 16.4 Å². The van der Waals surface area contributed by atoms with Gasteiger partial charge in [-0.25, -0.2) is 4.79 Å². The molecule has 0 unspecified atom stereocenters. The van der Waals surface area contributed by atoms with E-state index in [0.717, 1.165) is 5.82 Å². The summed E-state index contributed by atoms with van der Waals surface area (Å²) in [6.45, 7) is 8.83.